The van der Waals surface area contributed by atoms with Gasteiger partial charge in [-0.05, 0) is 26.2 Å². The highest BCUT2D eigenvalue weighted by atomic mass is 16.3. The van der Waals surface area contributed by atoms with Crippen LogP contribution in [0.2, 0.25) is 0 Å². The summed E-state index contributed by atoms with van der Waals surface area (Å²) in [5, 5.41) is 12.2. The second kappa shape index (κ2) is 7.81. The minimum atomic E-state index is -0.705. The molecule has 3 unspecified atom stereocenters. The zero-order chi connectivity index (χ0) is 14.3. The molecule has 6 nitrogen and oxygen atoms in total. The molecular formula is C12H22N2O4. The predicted molar refractivity (Wildman–Crippen MR) is 66.5 cm³/mol. The number of carbonyl (C=O) groups is 3. The zero-order valence-corrected chi connectivity index (χ0v) is 11.1. The predicted octanol–water partition coefficient (Wildman–Crippen LogP) is -0.267. The molecule has 0 rings (SSSR count). The number of carbonyl (C=O) groups excluding carboxylic acids is 3. The largest absolute Gasteiger partial charge is 0.393 e. The molecule has 0 aromatic heterocycles. The molecule has 0 saturated carbocycles. The third kappa shape index (κ3) is 7.01. The van der Waals surface area contributed by atoms with Gasteiger partial charge in [-0.25, -0.2) is 0 Å². The Hall–Kier alpha value is -1.43. The van der Waals surface area contributed by atoms with Crippen molar-refractivity contribution >= 4 is 17.6 Å². The van der Waals surface area contributed by atoms with Crippen molar-refractivity contribution in [2.45, 2.75) is 52.2 Å². The highest BCUT2D eigenvalue weighted by Gasteiger charge is 2.19. The number of aliphatic hydroxyl groups excluding tert-OH is 1. The molecule has 18 heavy (non-hydrogen) atoms. The van der Waals surface area contributed by atoms with Crippen molar-refractivity contribution in [3.63, 3.8) is 0 Å². The molecule has 2 amide bonds. The van der Waals surface area contributed by atoms with Crippen molar-refractivity contribution in [2.75, 3.05) is 0 Å². The lowest BCUT2D eigenvalue weighted by molar-refractivity contribution is -0.126. The van der Waals surface area contributed by atoms with Crippen LogP contribution in [-0.4, -0.2) is 34.8 Å². The van der Waals surface area contributed by atoms with Crippen LogP contribution in [0.4, 0.5) is 0 Å². The van der Waals surface area contributed by atoms with E-state index in [1.165, 1.54) is 13.8 Å². The first-order chi connectivity index (χ1) is 8.23. The topological polar surface area (TPSA) is 109 Å². The monoisotopic (exact) mass is 258 g/mol. The highest BCUT2D eigenvalue weighted by Crippen LogP contribution is 2.11. The minimum absolute atomic E-state index is 0.152. The normalized spacial score (nSPS) is 15.6. The Bertz CT molecular complexity index is 317. The fourth-order valence-corrected chi connectivity index (χ4v) is 1.62. The van der Waals surface area contributed by atoms with Gasteiger partial charge < -0.3 is 16.2 Å². The van der Waals surface area contributed by atoms with E-state index in [-0.39, 0.29) is 18.1 Å². The lowest BCUT2D eigenvalue weighted by Gasteiger charge is -2.18. The molecule has 0 fully saturated rings. The van der Waals surface area contributed by atoms with Gasteiger partial charge in [0.1, 0.15) is 0 Å². The molecule has 0 saturated heterocycles. The Balaban J connectivity index is 4.14. The summed E-state index contributed by atoms with van der Waals surface area (Å²) >= 11 is 0. The summed E-state index contributed by atoms with van der Waals surface area (Å²) in [6.07, 6.45) is 0.243. The maximum absolute atomic E-state index is 11.3. The van der Waals surface area contributed by atoms with Gasteiger partial charge in [0.15, 0.2) is 5.78 Å². The van der Waals surface area contributed by atoms with Crippen molar-refractivity contribution in [1.82, 2.24) is 5.32 Å². The van der Waals surface area contributed by atoms with Crippen LogP contribution >= 0.6 is 0 Å². The van der Waals surface area contributed by atoms with Gasteiger partial charge in [0.25, 0.3) is 0 Å². The Morgan fingerprint density at radius 2 is 1.78 bits per heavy atom. The van der Waals surface area contributed by atoms with Gasteiger partial charge in [-0.2, -0.15) is 0 Å². The smallest absolute Gasteiger partial charge is 0.220 e. The van der Waals surface area contributed by atoms with Crippen LogP contribution < -0.4 is 11.1 Å². The van der Waals surface area contributed by atoms with Gasteiger partial charge >= 0.3 is 0 Å². The van der Waals surface area contributed by atoms with Gasteiger partial charge in [-0.3, -0.25) is 14.4 Å². The van der Waals surface area contributed by atoms with E-state index in [0.717, 1.165) is 0 Å². The molecule has 0 aliphatic heterocycles. The van der Waals surface area contributed by atoms with Crippen molar-refractivity contribution in [3.05, 3.63) is 0 Å². The molecule has 0 aromatic carbocycles. The van der Waals surface area contributed by atoms with Crippen molar-refractivity contribution < 1.29 is 19.5 Å². The van der Waals surface area contributed by atoms with E-state index in [4.69, 9.17) is 5.73 Å². The molecule has 0 aliphatic carbocycles. The Labute approximate surface area is 107 Å². The van der Waals surface area contributed by atoms with Crippen LogP contribution in [0.1, 0.15) is 40.0 Å². The molecule has 4 N–H and O–H groups in total. The number of amides is 2. The Morgan fingerprint density at radius 1 is 1.22 bits per heavy atom. The molecule has 0 aromatic rings. The lowest BCUT2D eigenvalue weighted by atomic mass is 9.97. The molecule has 0 bridgehead atoms. The summed E-state index contributed by atoms with van der Waals surface area (Å²) in [5.41, 5.74) is 5.09. The second-order valence-corrected chi connectivity index (χ2v) is 4.63. The average molecular weight is 258 g/mol. The zero-order valence-electron chi connectivity index (χ0n) is 11.1. The van der Waals surface area contributed by atoms with Crippen LogP contribution in [0.5, 0.6) is 0 Å². The number of hydrogen-bond acceptors (Lipinski definition) is 4. The van der Waals surface area contributed by atoms with Crippen molar-refractivity contribution in [2.24, 2.45) is 11.7 Å². The van der Waals surface area contributed by atoms with Gasteiger partial charge in [-0.1, -0.05) is 6.92 Å². The van der Waals surface area contributed by atoms with E-state index in [1.54, 1.807) is 6.92 Å². The van der Waals surface area contributed by atoms with E-state index in [2.05, 4.69) is 5.32 Å². The summed E-state index contributed by atoms with van der Waals surface area (Å²) in [6, 6.07) is -0.582. The third-order valence-corrected chi connectivity index (χ3v) is 2.77. The van der Waals surface area contributed by atoms with Gasteiger partial charge in [-0.15, -0.1) is 0 Å². The average Bonchev–Trinajstić information content (AvgIpc) is 2.22. The first-order valence-corrected chi connectivity index (χ1v) is 5.99. The first kappa shape index (κ1) is 16.6. The number of primary amides is 1. The van der Waals surface area contributed by atoms with Gasteiger partial charge in [0.2, 0.25) is 11.8 Å². The number of aliphatic hydroxyl groups is 1. The Kier molecular flexibility index (Phi) is 7.19. The number of nitrogens with one attached hydrogen (secondary N) is 1. The van der Waals surface area contributed by atoms with E-state index >= 15 is 0 Å². The molecule has 6 heteroatoms. The molecule has 3 atom stereocenters. The summed E-state index contributed by atoms with van der Waals surface area (Å²) in [4.78, 5) is 33.0. The van der Waals surface area contributed by atoms with E-state index < -0.39 is 24.0 Å². The maximum atomic E-state index is 11.3. The summed E-state index contributed by atoms with van der Waals surface area (Å²) < 4.78 is 0. The highest BCUT2D eigenvalue weighted by molar-refractivity contribution is 5.86. The standard InChI is InChI=1S/C12H22N2O4/c1-7(12(13)18)6-10(17)4-5-11(8(2)15)14-9(3)16/h7,10-11,17H,4-6H2,1-3H3,(H2,13,18)(H,14,16). The van der Waals surface area contributed by atoms with Crippen molar-refractivity contribution in [3.8, 4) is 0 Å². The lowest BCUT2D eigenvalue weighted by Crippen LogP contribution is -2.39. The van der Waals surface area contributed by atoms with Crippen LogP contribution in [0.3, 0.4) is 0 Å². The summed E-state index contributed by atoms with van der Waals surface area (Å²) in [7, 11) is 0. The molecule has 0 radical (unpaired) electrons. The second-order valence-electron chi connectivity index (χ2n) is 4.63. The molecular weight excluding hydrogens is 236 g/mol. The van der Waals surface area contributed by atoms with Crippen LogP contribution in [0.25, 0.3) is 0 Å². The van der Waals surface area contributed by atoms with Crippen LogP contribution in [-0.2, 0) is 14.4 Å². The SMILES string of the molecule is CC(=O)NC(CCC(O)CC(C)C(N)=O)C(C)=O. The number of hydrogen-bond donors (Lipinski definition) is 3. The number of ketones is 1. The number of nitrogens with two attached hydrogens (primary N) is 1. The molecule has 104 valence electrons. The fourth-order valence-electron chi connectivity index (χ4n) is 1.62. The molecule has 0 spiro atoms. The van der Waals surface area contributed by atoms with Crippen LogP contribution in [0.15, 0.2) is 0 Å². The molecule has 0 heterocycles. The van der Waals surface area contributed by atoms with E-state index in [1.807, 2.05) is 0 Å². The van der Waals surface area contributed by atoms with Gasteiger partial charge in [0, 0.05) is 12.8 Å². The number of Topliss-reactive ketones (excluding diaryl/α,β-unsaturated/α-hetero) is 1. The van der Waals surface area contributed by atoms with Crippen LogP contribution in [0, 0.1) is 5.92 Å². The summed E-state index contributed by atoms with van der Waals surface area (Å²) in [5.74, 6) is -1.30. The molecule has 0 aliphatic rings. The van der Waals surface area contributed by atoms with E-state index in [9.17, 15) is 19.5 Å². The summed E-state index contributed by atoms with van der Waals surface area (Å²) in [6.45, 7) is 4.36. The quantitative estimate of drug-likeness (QED) is 0.556. The maximum Gasteiger partial charge on any atom is 0.220 e. The third-order valence-electron chi connectivity index (χ3n) is 2.77. The van der Waals surface area contributed by atoms with Crippen molar-refractivity contribution in [1.29, 1.82) is 0 Å². The van der Waals surface area contributed by atoms with E-state index in [0.29, 0.717) is 12.8 Å². The first-order valence-electron chi connectivity index (χ1n) is 5.99. The van der Waals surface area contributed by atoms with Gasteiger partial charge in [0.05, 0.1) is 12.1 Å². The fraction of sp³-hybridized carbons (Fsp3) is 0.750. The number of rotatable bonds is 8. The minimum Gasteiger partial charge on any atom is -0.393 e. The Morgan fingerprint density at radius 3 is 2.17 bits per heavy atom.